The van der Waals surface area contributed by atoms with E-state index >= 15 is 0 Å². The van der Waals surface area contributed by atoms with Crippen LogP contribution in [-0.4, -0.2) is 35.4 Å². The van der Waals surface area contributed by atoms with Gasteiger partial charge in [0.15, 0.2) is 5.03 Å². The predicted octanol–water partition coefficient (Wildman–Crippen LogP) is 1.95. The standard InChI is InChI=1S/C28H33N7O4/c29-18-20-13-15-21(16-14-20)19-32-26(36)24(12-7-17-31-28(30)34-35(38)39)33-27(37)25(22-8-3-1-4-9-22)23-10-5-2-6-11-23/h1-6,8-11,13-16,24-25H,7,12,17-19,29H2,(H,32,36)(H,33,37)(H3,30,31,34)/t24-/m1/s1. The summed E-state index contributed by atoms with van der Waals surface area (Å²) in [5, 5.41) is 21.0. The maximum Gasteiger partial charge on any atom is 0.266 e. The first kappa shape index (κ1) is 28.8. The van der Waals surface area contributed by atoms with Gasteiger partial charge < -0.3 is 27.4 Å². The number of carbonyl (C=O) groups excluding carboxylic acids is 2. The van der Waals surface area contributed by atoms with Crippen molar-refractivity contribution in [3.8, 4) is 0 Å². The van der Waals surface area contributed by atoms with Crippen molar-refractivity contribution in [2.24, 2.45) is 16.6 Å². The monoisotopic (exact) mass is 531 g/mol. The maximum absolute atomic E-state index is 13.6. The molecule has 0 radical (unpaired) electrons. The molecular formula is C28H33N7O4. The zero-order valence-corrected chi connectivity index (χ0v) is 21.5. The van der Waals surface area contributed by atoms with Crippen LogP contribution in [0.1, 0.15) is 41.0 Å². The lowest BCUT2D eigenvalue weighted by atomic mass is 9.90. The maximum atomic E-state index is 13.6. The molecule has 39 heavy (non-hydrogen) atoms. The summed E-state index contributed by atoms with van der Waals surface area (Å²) in [5.74, 6) is -1.62. The summed E-state index contributed by atoms with van der Waals surface area (Å²) in [5.41, 5.74) is 14.6. The van der Waals surface area contributed by atoms with Crippen LogP contribution in [0.25, 0.3) is 0 Å². The molecule has 0 aromatic heterocycles. The SMILES string of the molecule is NCc1ccc(CNC(=O)[C@@H](CCCN/C(N)=N\[N+](=O)[O-])NC(=O)C(c2ccccc2)c2ccccc2)cc1. The Morgan fingerprint density at radius 3 is 1.95 bits per heavy atom. The lowest BCUT2D eigenvalue weighted by Crippen LogP contribution is -2.48. The van der Waals surface area contributed by atoms with Gasteiger partial charge in [-0.3, -0.25) is 9.59 Å². The average molecular weight is 532 g/mol. The minimum atomic E-state index is -0.897. The van der Waals surface area contributed by atoms with Crippen molar-refractivity contribution >= 4 is 17.8 Å². The zero-order chi connectivity index (χ0) is 28.0. The van der Waals surface area contributed by atoms with Crippen molar-refractivity contribution in [2.45, 2.75) is 37.9 Å². The Hall–Kier alpha value is -4.77. The van der Waals surface area contributed by atoms with E-state index in [0.717, 1.165) is 22.3 Å². The molecule has 0 aliphatic rings. The Kier molecular flexibility index (Phi) is 11.0. The molecule has 0 unspecified atom stereocenters. The molecular weight excluding hydrogens is 498 g/mol. The lowest BCUT2D eigenvalue weighted by Gasteiger charge is -2.23. The minimum absolute atomic E-state index is 0.226. The van der Waals surface area contributed by atoms with E-state index in [2.05, 4.69) is 21.1 Å². The topological polar surface area (TPSA) is 178 Å². The Morgan fingerprint density at radius 2 is 1.41 bits per heavy atom. The van der Waals surface area contributed by atoms with E-state index in [1.807, 2.05) is 84.9 Å². The molecule has 1 atom stereocenters. The van der Waals surface area contributed by atoms with Gasteiger partial charge in [-0.2, -0.15) is 0 Å². The molecule has 0 spiro atoms. The average Bonchev–Trinajstić information content (AvgIpc) is 2.94. The van der Waals surface area contributed by atoms with E-state index in [0.29, 0.717) is 13.0 Å². The molecule has 0 fully saturated rings. The fourth-order valence-electron chi connectivity index (χ4n) is 4.06. The van der Waals surface area contributed by atoms with Gasteiger partial charge in [0.1, 0.15) is 11.1 Å². The molecule has 3 rings (SSSR count). The molecule has 0 bridgehead atoms. The van der Waals surface area contributed by atoms with Crippen LogP contribution < -0.4 is 27.4 Å². The first-order valence-electron chi connectivity index (χ1n) is 12.6. The van der Waals surface area contributed by atoms with Crippen LogP contribution >= 0.6 is 0 Å². The molecule has 0 saturated carbocycles. The summed E-state index contributed by atoms with van der Waals surface area (Å²) in [6, 6.07) is 25.4. The van der Waals surface area contributed by atoms with E-state index in [4.69, 9.17) is 11.5 Å². The van der Waals surface area contributed by atoms with E-state index in [1.165, 1.54) is 0 Å². The second-order valence-electron chi connectivity index (χ2n) is 8.85. The second kappa shape index (κ2) is 14.8. The van der Waals surface area contributed by atoms with Crippen molar-refractivity contribution in [3.05, 3.63) is 117 Å². The molecule has 11 heteroatoms. The third-order valence-electron chi connectivity index (χ3n) is 6.05. The third-order valence-corrected chi connectivity index (χ3v) is 6.05. The minimum Gasteiger partial charge on any atom is -0.365 e. The summed E-state index contributed by atoms with van der Waals surface area (Å²) in [7, 11) is 0. The van der Waals surface area contributed by atoms with Gasteiger partial charge in [0.2, 0.25) is 11.8 Å². The van der Waals surface area contributed by atoms with Gasteiger partial charge in [0.05, 0.1) is 5.92 Å². The van der Waals surface area contributed by atoms with Crippen LogP contribution in [0.5, 0.6) is 0 Å². The number of nitrogens with two attached hydrogens (primary N) is 2. The van der Waals surface area contributed by atoms with E-state index < -0.39 is 17.0 Å². The number of hydrogen-bond acceptors (Lipinski definition) is 5. The van der Waals surface area contributed by atoms with Gasteiger partial charge in [-0.1, -0.05) is 84.9 Å². The summed E-state index contributed by atoms with van der Waals surface area (Å²) < 4.78 is 0. The number of amides is 2. The van der Waals surface area contributed by atoms with E-state index in [-0.39, 0.29) is 37.3 Å². The first-order valence-corrected chi connectivity index (χ1v) is 12.6. The quantitative estimate of drug-likeness (QED) is 0.0735. The van der Waals surface area contributed by atoms with Gasteiger partial charge in [-0.25, -0.2) is 10.1 Å². The predicted molar refractivity (Wildman–Crippen MR) is 149 cm³/mol. The van der Waals surface area contributed by atoms with Gasteiger partial charge >= 0.3 is 0 Å². The van der Waals surface area contributed by atoms with Crippen LogP contribution in [-0.2, 0) is 22.7 Å². The summed E-state index contributed by atoms with van der Waals surface area (Å²) in [4.78, 5) is 37.3. The van der Waals surface area contributed by atoms with Crippen LogP contribution in [0.15, 0.2) is 90.0 Å². The zero-order valence-electron chi connectivity index (χ0n) is 21.5. The highest BCUT2D eigenvalue weighted by atomic mass is 16.7. The molecule has 0 heterocycles. The van der Waals surface area contributed by atoms with E-state index in [1.54, 1.807) is 0 Å². The highest BCUT2D eigenvalue weighted by Crippen LogP contribution is 2.25. The molecule has 0 saturated heterocycles. The number of rotatable bonds is 13. The van der Waals surface area contributed by atoms with Crippen molar-refractivity contribution in [3.63, 3.8) is 0 Å². The van der Waals surface area contributed by atoms with Crippen LogP contribution in [0, 0.1) is 10.1 Å². The van der Waals surface area contributed by atoms with Crippen LogP contribution in [0.4, 0.5) is 0 Å². The van der Waals surface area contributed by atoms with Crippen molar-refractivity contribution in [1.29, 1.82) is 0 Å². The van der Waals surface area contributed by atoms with E-state index in [9.17, 15) is 19.7 Å². The largest absolute Gasteiger partial charge is 0.365 e. The number of benzene rings is 3. The number of carbonyl (C=O) groups is 2. The Morgan fingerprint density at radius 1 is 0.846 bits per heavy atom. The molecule has 2 amide bonds. The summed E-state index contributed by atoms with van der Waals surface area (Å²) >= 11 is 0. The smallest absolute Gasteiger partial charge is 0.266 e. The van der Waals surface area contributed by atoms with Crippen molar-refractivity contribution < 1.29 is 14.6 Å². The highest BCUT2D eigenvalue weighted by Gasteiger charge is 2.27. The highest BCUT2D eigenvalue weighted by molar-refractivity contribution is 5.92. The van der Waals surface area contributed by atoms with Gasteiger partial charge in [0, 0.05) is 19.6 Å². The molecule has 7 N–H and O–H groups in total. The Labute approximate surface area is 226 Å². The number of nitro groups is 1. The number of nitrogens with zero attached hydrogens (tertiary/aromatic N) is 2. The summed E-state index contributed by atoms with van der Waals surface area (Å²) in [6.45, 7) is 0.928. The van der Waals surface area contributed by atoms with Gasteiger partial charge in [-0.15, -0.1) is 0 Å². The fraction of sp³-hybridized carbons (Fsp3) is 0.250. The lowest BCUT2D eigenvalue weighted by molar-refractivity contribution is -0.485. The van der Waals surface area contributed by atoms with Gasteiger partial charge in [-0.05, 0) is 35.1 Å². The number of nitrogens with one attached hydrogen (secondary N) is 3. The fourth-order valence-corrected chi connectivity index (χ4v) is 4.06. The molecule has 3 aromatic carbocycles. The number of hydrazone groups is 1. The van der Waals surface area contributed by atoms with Crippen LogP contribution in [0.3, 0.4) is 0 Å². The third kappa shape index (κ3) is 9.24. The normalized spacial score (nSPS) is 12.0. The Balaban J connectivity index is 1.74. The Bertz CT molecular complexity index is 1210. The first-order chi connectivity index (χ1) is 18.9. The molecule has 11 nitrogen and oxygen atoms in total. The molecule has 204 valence electrons. The summed E-state index contributed by atoms with van der Waals surface area (Å²) in [6.07, 6.45) is 0.650. The molecule has 0 aliphatic carbocycles. The number of hydrogen-bond donors (Lipinski definition) is 5. The van der Waals surface area contributed by atoms with Crippen LogP contribution in [0.2, 0.25) is 0 Å². The molecule has 3 aromatic rings. The molecule has 0 aliphatic heterocycles. The second-order valence-corrected chi connectivity index (χ2v) is 8.85. The van der Waals surface area contributed by atoms with Crippen molar-refractivity contribution in [2.75, 3.05) is 6.54 Å². The number of guanidine groups is 1. The van der Waals surface area contributed by atoms with Crippen molar-refractivity contribution in [1.82, 2.24) is 16.0 Å². The van der Waals surface area contributed by atoms with Gasteiger partial charge in [0.25, 0.3) is 5.96 Å².